The molecule has 1 aliphatic heterocycles. The van der Waals surface area contributed by atoms with Gasteiger partial charge in [0.1, 0.15) is 17.9 Å². The summed E-state index contributed by atoms with van der Waals surface area (Å²) in [5, 5.41) is 9.14. The fourth-order valence-electron chi connectivity index (χ4n) is 4.74. The van der Waals surface area contributed by atoms with Crippen molar-refractivity contribution in [2.75, 3.05) is 13.7 Å². The number of rotatable bonds is 6. The third-order valence-electron chi connectivity index (χ3n) is 6.60. The van der Waals surface area contributed by atoms with E-state index in [1.54, 1.807) is 20.4 Å². The van der Waals surface area contributed by atoms with Crippen molar-refractivity contribution in [3.8, 4) is 34.0 Å². The number of hydrogen-bond donors (Lipinski definition) is 0. The van der Waals surface area contributed by atoms with Gasteiger partial charge in [0.05, 0.1) is 31.6 Å². The lowest BCUT2D eigenvalue weighted by atomic mass is 10.0. The summed E-state index contributed by atoms with van der Waals surface area (Å²) in [5.74, 6) is 1.77. The molecule has 0 atom stereocenters. The van der Waals surface area contributed by atoms with Gasteiger partial charge in [0.15, 0.2) is 11.5 Å². The maximum Gasteiger partial charge on any atom is 0.358 e. The first kappa shape index (κ1) is 22.7. The van der Waals surface area contributed by atoms with Crippen LogP contribution in [-0.2, 0) is 17.7 Å². The fourth-order valence-corrected chi connectivity index (χ4v) is 4.74. The lowest BCUT2D eigenvalue weighted by Gasteiger charge is -2.10. The zero-order valence-electron chi connectivity index (χ0n) is 20.6. The molecule has 0 fully saturated rings. The molecule has 0 amide bonds. The topological polar surface area (TPSA) is 84.1 Å². The molecule has 0 bridgehead atoms. The molecule has 0 unspecified atom stereocenters. The average Bonchev–Trinajstić information content (AvgIpc) is 3.50. The van der Waals surface area contributed by atoms with Crippen molar-refractivity contribution in [1.29, 1.82) is 0 Å². The second kappa shape index (κ2) is 9.39. The number of aromatic nitrogens is 5. The van der Waals surface area contributed by atoms with Gasteiger partial charge in [-0.2, -0.15) is 0 Å². The summed E-state index contributed by atoms with van der Waals surface area (Å²) in [6.07, 6.45) is 2.25. The number of esters is 1. The Hall–Kier alpha value is -4.72. The number of ether oxygens (including phenoxy) is 2. The molecule has 0 saturated heterocycles. The smallest absolute Gasteiger partial charge is 0.358 e. The number of carbonyl (C=O) groups excluding carboxylic acids is 1. The Morgan fingerprint density at radius 3 is 2.51 bits per heavy atom. The van der Waals surface area contributed by atoms with Crippen molar-refractivity contribution in [1.82, 2.24) is 24.3 Å². The van der Waals surface area contributed by atoms with E-state index in [0.29, 0.717) is 30.2 Å². The van der Waals surface area contributed by atoms with Gasteiger partial charge in [-0.3, -0.25) is 4.57 Å². The Kier molecular flexibility index (Phi) is 5.76. The Balaban J connectivity index is 1.42. The van der Waals surface area contributed by atoms with Crippen molar-refractivity contribution in [2.24, 2.45) is 0 Å². The number of fused-ring (bicyclic) bond motifs is 5. The van der Waals surface area contributed by atoms with Crippen LogP contribution in [0.3, 0.4) is 0 Å². The van der Waals surface area contributed by atoms with Crippen LogP contribution in [0.15, 0.2) is 79.1 Å². The highest BCUT2D eigenvalue weighted by Crippen LogP contribution is 2.35. The number of carbonyl (C=O) groups is 1. The fraction of sp³-hybridized carbons (Fsp3) is 0.172. The third-order valence-corrected chi connectivity index (χ3v) is 6.60. The largest absolute Gasteiger partial charge is 0.497 e. The third kappa shape index (κ3) is 4.06. The molecule has 6 rings (SSSR count). The van der Waals surface area contributed by atoms with Crippen LogP contribution in [0.25, 0.3) is 28.2 Å². The van der Waals surface area contributed by atoms with Crippen molar-refractivity contribution >= 4 is 5.97 Å². The molecule has 8 nitrogen and oxygen atoms in total. The monoisotopic (exact) mass is 491 g/mol. The zero-order chi connectivity index (χ0) is 25.4. The highest BCUT2D eigenvalue weighted by atomic mass is 16.5. The predicted octanol–water partition coefficient (Wildman–Crippen LogP) is 4.94. The molecule has 37 heavy (non-hydrogen) atoms. The molecule has 184 valence electrons. The van der Waals surface area contributed by atoms with Crippen molar-refractivity contribution in [3.63, 3.8) is 0 Å². The van der Waals surface area contributed by atoms with Crippen LogP contribution < -0.4 is 4.74 Å². The van der Waals surface area contributed by atoms with Crippen LogP contribution in [-0.4, -0.2) is 44.0 Å². The minimum Gasteiger partial charge on any atom is -0.497 e. The summed E-state index contributed by atoms with van der Waals surface area (Å²) in [6.45, 7) is 2.44. The van der Waals surface area contributed by atoms with E-state index in [1.165, 1.54) is 5.56 Å². The van der Waals surface area contributed by atoms with Crippen LogP contribution in [0, 0.1) is 0 Å². The van der Waals surface area contributed by atoms with Gasteiger partial charge in [0.2, 0.25) is 0 Å². The van der Waals surface area contributed by atoms with Gasteiger partial charge in [-0.15, -0.1) is 10.2 Å². The van der Waals surface area contributed by atoms with E-state index in [9.17, 15) is 4.79 Å². The van der Waals surface area contributed by atoms with Gasteiger partial charge in [-0.05, 0) is 41.8 Å². The standard InChI is InChI=1S/C29H25N5O3/c1-3-37-29(35)27-25-17-33-26(15-19-9-11-21(12-10-19)20-7-5-4-6-8-20)31-32-28(33)23-16-22(36-2)13-14-24(23)34(25)18-30-27/h4-14,16,18H,3,15,17H2,1-2H3. The molecular formula is C29H25N5O3. The van der Waals surface area contributed by atoms with Gasteiger partial charge in [-0.25, -0.2) is 9.78 Å². The highest BCUT2D eigenvalue weighted by Gasteiger charge is 2.29. The number of methoxy groups -OCH3 is 1. The minimum absolute atomic E-state index is 0.279. The van der Waals surface area contributed by atoms with Crippen molar-refractivity contribution < 1.29 is 14.3 Å². The molecular weight excluding hydrogens is 466 g/mol. The van der Waals surface area contributed by atoms with Gasteiger partial charge in [0, 0.05) is 12.0 Å². The summed E-state index contributed by atoms with van der Waals surface area (Å²) in [5.41, 5.74) is 6.17. The van der Waals surface area contributed by atoms with E-state index in [4.69, 9.17) is 9.47 Å². The van der Waals surface area contributed by atoms with Gasteiger partial charge in [0.25, 0.3) is 0 Å². The van der Waals surface area contributed by atoms with Crippen LogP contribution in [0.2, 0.25) is 0 Å². The van der Waals surface area contributed by atoms with E-state index >= 15 is 0 Å². The summed E-state index contributed by atoms with van der Waals surface area (Å²) in [6, 6.07) is 24.5. The molecule has 0 aliphatic carbocycles. The summed E-state index contributed by atoms with van der Waals surface area (Å²) < 4.78 is 14.8. The molecule has 0 radical (unpaired) electrons. The quantitative estimate of drug-likeness (QED) is 0.307. The predicted molar refractivity (Wildman–Crippen MR) is 139 cm³/mol. The van der Waals surface area contributed by atoms with Gasteiger partial charge < -0.3 is 14.0 Å². The summed E-state index contributed by atoms with van der Waals surface area (Å²) >= 11 is 0. The van der Waals surface area contributed by atoms with Crippen LogP contribution in [0.1, 0.15) is 34.5 Å². The normalized spacial score (nSPS) is 11.7. The highest BCUT2D eigenvalue weighted by molar-refractivity contribution is 5.89. The van der Waals surface area contributed by atoms with E-state index in [-0.39, 0.29) is 6.61 Å². The first-order valence-corrected chi connectivity index (χ1v) is 12.1. The van der Waals surface area contributed by atoms with E-state index in [2.05, 4.69) is 51.6 Å². The van der Waals surface area contributed by atoms with Crippen LogP contribution in [0.5, 0.6) is 5.75 Å². The maximum atomic E-state index is 12.7. The number of nitrogens with zero attached hydrogens (tertiary/aromatic N) is 5. The van der Waals surface area contributed by atoms with E-state index in [1.807, 2.05) is 45.5 Å². The van der Waals surface area contributed by atoms with Crippen molar-refractivity contribution in [2.45, 2.75) is 19.9 Å². The number of benzene rings is 3. The first-order chi connectivity index (χ1) is 18.2. The molecule has 8 heteroatoms. The minimum atomic E-state index is -0.444. The number of hydrogen-bond acceptors (Lipinski definition) is 6. The maximum absolute atomic E-state index is 12.7. The SMILES string of the molecule is CCOC(=O)c1ncn2c1Cn1c(Cc3ccc(-c4ccccc4)cc3)nnc1-c1cc(OC)ccc1-2. The Bertz CT molecular complexity index is 1590. The first-order valence-electron chi connectivity index (χ1n) is 12.1. The Morgan fingerprint density at radius 1 is 0.973 bits per heavy atom. The van der Waals surface area contributed by atoms with E-state index < -0.39 is 5.97 Å². The molecule has 0 saturated carbocycles. The molecule has 1 aliphatic rings. The Morgan fingerprint density at radius 2 is 1.76 bits per heavy atom. The van der Waals surface area contributed by atoms with Crippen LogP contribution >= 0.6 is 0 Å². The Labute approximate surface area is 214 Å². The average molecular weight is 492 g/mol. The molecule has 3 aromatic carbocycles. The van der Waals surface area contributed by atoms with Crippen LogP contribution in [0.4, 0.5) is 0 Å². The van der Waals surface area contributed by atoms with E-state index in [0.717, 1.165) is 33.9 Å². The zero-order valence-corrected chi connectivity index (χ0v) is 20.6. The lowest BCUT2D eigenvalue weighted by molar-refractivity contribution is 0.0518. The van der Waals surface area contributed by atoms with Gasteiger partial charge >= 0.3 is 5.97 Å². The molecule has 2 aromatic heterocycles. The summed E-state index contributed by atoms with van der Waals surface area (Å²) in [4.78, 5) is 17.1. The second-order valence-electron chi connectivity index (χ2n) is 8.78. The number of imidazole rings is 1. The second-order valence-corrected chi connectivity index (χ2v) is 8.78. The molecule has 0 spiro atoms. The summed E-state index contributed by atoms with van der Waals surface area (Å²) in [7, 11) is 1.63. The lowest BCUT2D eigenvalue weighted by Crippen LogP contribution is -2.13. The van der Waals surface area contributed by atoms with Gasteiger partial charge in [-0.1, -0.05) is 54.6 Å². The molecule has 0 N–H and O–H groups in total. The molecule has 5 aromatic rings. The molecule has 3 heterocycles. The van der Waals surface area contributed by atoms with Crippen molar-refractivity contribution in [3.05, 3.63) is 102 Å².